The fourth-order valence-electron chi connectivity index (χ4n) is 3.47. The van der Waals surface area contributed by atoms with Gasteiger partial charge in [0.1, 0.15) is 0 Å². The molecule has 7 nitrogen and oxygen atoms in total. The predicted octanol–water partition coefficient (Wildman–Crippen LogP) is 3.73. The third kappa shape index (κ3) is 3.38. The number of carbonyl (C=O) groups is 1. The zero-order valence-corrected chi connectivity index (χ0v) is 16.4. The van der Waals surface area contributed by atoms with Crippen molar-refractivity contribution in [1.29, 1.82) is 0 Å². The number of ether oxygens (including phenoxy) is 2. The molecule has 1 atom stereocenters. The molecule has 144 valence electrons. The molecule has 1 aromatic carbocycles. The van der Waals surface area contributed by atoms with Crippen molar-refractivity contribution < 1.29 is 14.3 Å². The van der Waals surface area contributed by atoms with Crippen LogP contribution in [-0.4, -0.2) is 41.9 Å². The van der Waals surface area contributed by atoms with Gasteiger partial charge in [-0.05, 0) is 53.3 Å². The minimum atomic E-state index is -0.209. The van der Waals surface area contributed by atoms with Crippen LogP contribution < -0.4 is 14.8 Å². The van der Waals surface area contributed by atoms with Gasteiger partial charge in [0.15, 0.2) is 17.3 Å². The maximum Gasteiger partial charge on any atom is 0.323 e. The number of urea groups is 1. The molecule has 0 fully saturated rings. The molecule has 0 bridgehead atoms. The topological polar surface area (TPSA) is 76.6 Å². The smallest absolute Gasteiger partial charge is 0.323 e. The van der Waals surface area contributed by atoms with Gasteiger partial charge in [-0.3, -0.25) is 5.32 Å². The molecule has 1 N–H and O–H groups in total. The van der Waals surface area contributed by atoms with E-state index in [9.17, 15) is 4.79 Å². The highest BCUT2D eigenvalue weighted by molar-refractivity contribution is 7.10. The summed E-state index contributed by atoms with van der Waals surface area (Å²) in [6.45, 7) is 0.581. The molecule has 0 unspecified atom stereocenters. The number of rotatable bonds is 4. The van der Waals surface area contributed by atoms with Gasteiger partial charge < -0.3 is 14.4 Å². The average molecular weight is 396 g/mol. The highest BCUT2D eigenvalue weighted by Gasteiger charge is 2.34. The van der Waals surface area contributed by atoms with Crippen LogP contribution in [0, 0.1) is 0 Å². The van der Waals surface area contributed by atoms with E-state index in [4.69, 9.17) is 9.47 Å². The molecular weight excluding hydrogens is 376 g/mol. The maximum absolute atomic E-state index is 13.1. The van der Waals surface area contributed by atoms with E-state index in [0.717, 1.165) is 22.4 Å². The number of hydrogen-bond acceptors (Lipinski definition) is 6. The van der Waals surface area contributed by atoms with Crippen LogP contribution in [0.3, 0.4) is 0 Å². The van der Waals surface area contributed by atoms with Crippen molar-refractivity contribution in [3.63, 3.8) is 0 Å². The van der Waals surface area contributed by atoms with Crippen LogP contribution in [0.4, 0.5) is 10.6 Å². The van der Waals surface area contributed by atoms with Crippen molar-refractivity contribution in [2.75, 3.05) is 26.1 Å². The molecule has 0 spiro atoms. The average Bonchev–Trinajstić information content (AvgIpc) is 3.26. The molecule has 2 amide bonds. The molecular formula is C20H20N4O3S. The lowest BCUT2D eigenvalue weighted by Gasteiger charge is -2.37. The number of fused-ring (bicyclic) bond motifs is 1. The zero-order valence-electron chi connectivity index (χ0n) is 15.6. The summed E-state index contributed by atoms with van der Waals surface area (Å²) in [4.78, 5) is 16.0. The van der Waals surface area contributed by atoms with Gasteiger partial charge in [0.25, 0.3) is 0 Å². The van der Waals surface area contributed by atoms with Gasteiger partial charge in [-0.2, -0.15) is 5.10 Å². The molecule has 3 heterocycles. The molecule has 3 aromatic rings. The Morgan fingerprint density at radius 1 is 1.21 bits per heavy atom. The fourth-order valence-corrected chi connectivity index (χ4v) is 4.32. The Hall–Kier alpha value is -3.13. The largest absolute Gasteiger partial charge is 0.493 e. The van der Waals surface area contributed by atoms with E-state index in [1.165, 1.54) is 0 Å². The Balaban J connectivity index is 1.73. The fraction of sp³-hybridized carbons (Fsp3) is 0.250. The van der Waals surface area contributed by atoms with Gasteiger partial charge in [-0.25, -0.2) is 4.79 Å². The van der Waals surface area contributed by atoms with E-state index in [-0.39, 0.29) is 12.1 Å². The second-order valence-corrected chi connectivity index (χ2v) is 7.29. The molecule has 4 rings (SSSR count). The number of benzene rings is 1. The summed E-state index contributed by atoms with van der Waals surface area (Å²) >= 11 is 1.62. The Morgan fingerprint density at radius 3 is 2.71 bits per heavy atom. The summed E-state index contributed by atoms with van der Waals surface area (Å²) in [5.74, 6) is 1.78. The number of anilines is 1. The lowest BCUT2D eigenvalue weighted by atomic mass is 9.91. The number of nitrogens with zero attached hydrogens (tertiary/aromatic N) is 3. The van der Waals surface area contributed by atoms with Crippen molar-refractivity contribution in [2.45, 2.75) is 12.5 Å². The first kappa shape index (κ1) is 18.2. The maximum atomic E-state index is 13.1. The first-order valence-electron chi connectivity index (χ1n) is 8.84. The van der Waals surface area contributed by atoms with Gasteiger partial charge >= 0.3 is 6.03 Å². The van der Waals surface area contributed by atoms with E-state index in [2.05, 4.69) is 15.5 Å². The molecule has 1 aliphatic heterocycles. The van der Waals surface area contributed by atoms with Crippen LogP contribution in [-0.2, 0) is 6.42 Å². The molecule has 0 saturated carbocycles. The highest BCUT2D eigenvalue weighted by Crippen LogP contribution is 2.42. The summed E-state index contributed by atoms with van der Waals surface area (Å²) < 4.78 is 11.0. The summed E-state index contributed by atoms with van der Waals surface area (Å²) in [5, 5.41) is 12.6. The lowest BCUT2D eigenvalue weighted by Crippen LogP contribution is -2.42. The second kappa shape index (κ2) is 7.85. The van der Waals surface area contributed by atoms with Crippen molar-refractivity contribution in [3.05, 3.63) is 64.0 Å². The second-order valence-electron chi connectivity index (χ2n) is 6.31. The molecule has 28 heavy (non-hydrogen) atoms. The lowest BCUT2D eigenvalue weighted by molar-refractivity contribution is 0.194. The van der Waals surface area contributed by atoms with E-state index in [1.54, 1.807) is 43.9 Å². The van der Waals surface area contributed by atoms with Gasteiger partial charge in [0.05, 0.1) is 20.3 Å². The number of thiophene rings is 1. The quantitative estimate of drug-likeness (QED) is 0.727. The first-order chi connectivity index (χ1) is 13.7. The minimum absolute atomic E-state index is 0.208. The van der Waals surface area contributed by atoms with Crippen LogP contribution >= 0.6 is 11.3 Å². The van der Waals surface area contributed by atoms with Crippen LogP contribution in [0.2, 0.25) is 0 Å². The van der Waals surface area contributed by atoms with Gasteiger partial charge in [0.2, 0.25) is 0 Å². The number of nitrogens with one attached hydrogen (secondary N) is 1. The van der Waals surface area contributed by atoms with Crippen molar-refractivity contribution in [3.8, 4) is 11.5 Å². The van der Waals surface area contributed by atoms with E-state index in [1.807, 2.05) is 34.5 Å². The standard InChI is InChI=1S/C20H20N4O3S/c1-26-15-11-13-7-9-24(20(25)22-18-6-3-8-21-23-18)19(17-5-4-10-28-17)14(13)12-16(15)27-2/h3-6,8,10-12,19H,7,9H2,1-2H3,(H,22,23,25)/t19-/m1/s1. The monoisotopic (exact) mass is 396 g/mol. The Labute approximate surface area is 166 Å². The normalized spacial score (nSPS) is 15.6. The zero-order chi connectivity index (χ0) is 19.5. The van der Waals surface area contributed by atoms with Crippen LogP contribution in [0.25, 0.3) is 0 Å². The van der Waals surface area contributed by atoms with Crippen molar-refractivity contribution in [2.24, 2.45) is 0 Å². The van der Waals surface area contributed by atoms with Gasteiger partial charge in [0, 0.05) is 17.6 Å². The number of carbonyl (C=O) groups excluding carboxylic acids is 1. The summed E-state index contributed by atoms with van der Waals surface area (Å²) in [6.07, 6.45) is 2.30. The van der Waals surface area contributed by atoms with E-state index >= 15 is 0 Å². The van der Waals surface area contributed by atoms with Crippen LogP contribution in [0.1, 0.15) is 22.0 Å². The number of aromatic nitrogens is 2. The summed E-state index contributed by atoms with van der Waals surface area (Å²) in [5.41, 5.74) is 2.19. The predicted molar refractivity (Wildman–Crippen MR) is 107 cm³/mol. The SMILES string of the molecule is COc1cc2c(cc1OC)[C@H](c1cccs1)N(C(=O)Nc1cccnn1)CC2. The van der Waals surface area contributed by atoms with Crippen LogP contribution in [0.15, 0.2) is 48.0 Å². The minimum Gasteiger partial charge on any atom is -0.493 e. The number of amides is 2. The summed E-state index contributed by atoms with van der Waals surface area (Å²) in [7, 11) is 3.25. The Kier molecular flexibility index (Phi) is 5.12. The van der Waals surface area contributed by atoms with Crippen LogP contribution in [0.5, 0.6) is 11.5 Å². The molecule has 2 aromatic heterocycles. The molecule has 1 aliphatic rings. The third-order valence-electron chi connectivity index (χ3n) is 4.75. The Morgan fingerprint density at radius 2 is 2.04 bits per heavy atom. The highest BCUT2D eigenvalue weighted by atomic mass is 32.1. The number of methoxy groups -OCH3 is 2. The first-order valence-corrected chi connectivity index (χ1v) is 9.72. The van der Waals surface area contributed by atoms with E-state index in [0.29, 0.717) is 23.9 Å². The Bertz CT molecular complexity index is 963. The van der Waals surface area contributed by atoms with Crippen molar-refractivity contribution >= 4 is 23.2 Å². The molecule has 8 heteroatoms. The van der Waals surface area contributed by atoms with Gasteiger partial charge in [-0.15, -0.1) is 16.4 Å². The van der Waals surface area contributed by atoms with E-state index < -0.39 is 0 Å². The van der Waals surface area contributed by atoms with Gasteiger partial charge in [-0.1, -0.05) is 6.07 Å². The molecule has 0 saturated heterocycles. The molecule has 0 aliphatic carbocycles. The van der Waals surface area contributed by atoms with Crippen molar-refractivity contribution in [1.82, 2.24) is 15.1 Å². The third-order valence-corrected chi connectivity index (χ3v) is 5.68. The summed E-state index contributed by atoms with van der Waals surface area (Å²) in [6, 6.07) is 11.1. The number of hydrogen-bond donors (Lipinski definition) is 1. The molecule has 0 radical (unpaired) electrons.